The van der Waals surface area contributed by atoms with Crippen LogP contribution in [0, 0.1) is 0 Å². The van der Waals surface area contributed by atoms with Gasteiger partial charge in [0.05, 0.1) is 23.4 Å². The van der Waals surface area contributed by atoms with Gasteiger partial charge in [0.2, 0.25) is 12.5 Å². The zero-order chi connectivity index (χ0) is 21.5. The quantitative estimate of drug-likeness (QED) is 0.494. The molecule has 5 nitrogen and oxygen atoms in total. The topological polar surface area (TPSA) is 48.0 Å². The summed E-state index contributed by atoms with van der Waals surface area (Å²) in [5, 5.41) is 0. The van der Waals surface area contributed by atoms with Crippen molar-refractivity contribution in [3.63, 3.8) is 0 Å². The second-order valence-corrected chi connectivity index (χ2v) is 8.44. The molecule has 0 fully saturated rings. The lowest BCUT2D eigenvalue weighted by Crippen LogP contribution is -2.38. The standard InChI is InChI=1S/C21H11F4NO4S/c22-20-11-6-15-16(29-9-28-15)7-14(11)30-13-3-1-2-12(18(13)20)26(19(20)27)8-10-4-5-17(31-10)21(23,24)25/h1-7H,8-9H2. The van der Waals surface area contributed by atoms with Crippen molar-refractivity contribution >= 4 is 22.9 Å². The third-order valence-electron chi connectivity index (χ3n) is 5.50. The number of nitrogens with zero attached hydrogens (tertiary/aromatic N) is 1. The average molecular weight is 449 g/mol. The molecule has 0 bridgehead atoms. The van der Waals surface area contributed by atoms with E-state index in [0.717, 1.165) is 11.0 Å². The van der Waals surface area contributed by atoms with Crippen molar-refractivity contribution < 1.29 is 36.6 Å². The number of hydrogen-bond donors (Lipinski definition) is 0. The van der Waals surface area contributed by atoms with Crippen LogP contribution in [0.4, 0.5) is 23.2 Å². The van der Waals surface area contributed by atoms with E-state index in [-0.39, 0.29) is 46.5 Å². The van der Waals surface area contributed by atoms with Crippen LogP contribution in [-0.4, -0.2) is 12.7 Å². The average Bonchev–Trinajstić information content (AvgIpc) is 3.42. The summed E-state index contributed by atoms with van der Waals surface area (Å²) in [5.74, 6) is 0.0777. The van der Waals surface area contributed by atoms with Crippen LogP contribution in [0.1, 0.15) is 20.9 Å². The molecular weight excluding hydrogens is 438 g/mol. The van der Waals surface area contributed by atoms with Crippen molar-refractivity contribution in [2.75, 3.05) is 11.7 Å². The molecule has 0 spiro atoms. The number of benzene rings is 2. The summed E-state index contributed by atoms with van der Waals surface area (Å²) in [4.78, 5) is 14.0. The van der Waals surface area contributed by atoms with Gasteiger partial charge in [0.25, 0.3) is 5.91 Å². The van der Waals surface area contributed by atoms with Crippen LogP contribution in [0.2, 0.25) is 0 Å². The maximum absolute atomic E-state index is 16.6. The molecule has 0 saturated carbocycles. The van der Waals surface area contributed by atoms with Gasteiger partial charge in [-0.1, -0.05) is 6.07 Å². The van der Waals surface area contributed by atoms with Gasteiger partial charge < -0.3 is 19.1 Å². The second kappa shape index (κ2) is 5.91. The van der Waals surface area contributed by atoms with Gasteiger partial charge >= 0.3 is 6.18 Å². The molecule has 158 valence electrons. The summed E-state index contributed by atoms with van der Waals surface area (Å²) >= 11 is 0.524. The third kappa shape index (κ3) is 2.45. The number of halogens is 4. The number of rotatable bonds is 2. The number of alkyl halides is 4. The molecule has 1 amide bonds. The molecular formula is C21H11F4NO4S. The van der Waals surface area contributed by atoms with Crippen LogP contribution in [0.25, 0.3) is 0 Å². The van der Waals surface area contributed by atoms with Crippen molar-refractivity contribution in [2.24, 2.45) is 0 Å². The largest absolute Gasteiger partial charge is 0.456 e. The Bertz CT molecular complexity index is 1270. The molecule has 3 aromatic rings. The first-order valence-electron chi connectivity index (χ1n) is 9.19. The Morgan fingerprint density at radius 3 is 2.55 bits per heavy atom. The minimum absolute atomic E-state index is 0.0219. The minimum Gasteiger partial charge on any atom is -0.456 e. The summed E-state index contributed by atoms with van der Waals surface area (Å²) in [6.07, 6.45) is -4.48. The first-order valence-corrected chi connectivity index (χ1v) is 10.0. The number of amides is 1. The predicted molar refractivity (Wildman–Crippen MR) is 101 cm³/mol. The van der Waals surface area contributed by atoms with Crippen molar-refractivity contribution in [1.82, 2.24) is 0 Å². The highest BCUT2D eigenvalue weighted by molar-refractivity contribution is 7.12. The van der Waals surface area contributed by atoms with E-state index in [4.69, 9.17) is 14.2 Å². The van der Waals surface area contributed by atoms with Gasteiger partial charge in [0.1, 0.15) is 16.4 Å². The van der Waals surface area contributed by atoms with E-state index >= 15 is 4.39 Å². The second-order valence-electron chi connectivity index (χ2n) is 7.27. The van der Waals surface area contributed by atoms with Crippen LogP contribution in [0.15, 0.2) is 42.5 Å². The molecule has 3 aliphatic rings. The van der Waals surface area contributed by atoms with E-state index in [0.29, 0.717) is 22.8 Å². The van der Waals surface area contributed by atoms with Crippen LogP contribution >= 0.6 is 11.3 Å². The predicted octanol–water partition coefficient (Wildman–Crippen LogP) is 5.36. The SMILES string of the molecule is O=C1N(Cc2ccc(C(F)(F)F)s2)c2cccc3c2C1(F)c1cc2c(cc1O3)OCO2. The fourth-order valence-corrected chi connectivity index (χ4v) is 5.02. The van der Waals surface area contributed by atoms with Crippen molar-refractivity contribution in [2.45, 2.75) is 18.4 Å². The maximum Gasteiger partial charge on any atom is 0.425 e. The first-order chi connectivity index (χ1) is 14.8. The van der Waals surface area contributed by atoms with Crippen LogP contribution in [0.3, 0.4) is 0 Å². The zero-order valence-electron chi connectivity index (χ0n) is 15.5. The minimum atomic E-state index is -4.48. The summed E-state index contributed by atoms with van der Waals surface area (Å²) in [7, 11) is 0. The maximum atomic E-state index is 16.6. The Kier molecular flexibility index (Phi) is 3.52. The molecule has 0 N–H and O–H groups in total. The summed E-state index contributed by atoms with van der Waals surface area (Å²) in [5.41, 5.74) is -2.27. The molecule has 31 heavy (non-hydrogen) atoms. The number of ether oxygens (including phenoxy) is 3. The fourth-order valence-electron chi connectivity index (χ4n) is 4.15. The van der Waals surface area contributed by atoms with Gasteiger partial charge in [-0.15, -0.1) is 11.3 Å². The smallest absolute Gasteiger partial charge is 0.425 e. The highest BCUT2D eigenvalue weighted by Crippen LogP contribution is 2.59. The molecule has 4 heterocycles. The normalized spacial score (nSPS) is 20.5. The Balaban J connectivity index is 1.47. The fraction of sp³-hybridized carbons (Fsp3) is 0.190. The lowest BCUT2D eigenvalue weighted by molar-refractivity contribution is -0.134. The first kappa shape index (κ1) is 18.5. The van der Waals surface area contributed by atoms with Crippen LogP contribution in [0.5, 0.6) is 23.0 Å². The number of carbonyl (C=O) groups is 1. The molecule has 10 heteroatoms. The summed E-state index contributed by atoms with van der Waals surface area (Å²) < 4.78 is 72.0. The number of anilines is 1. The van der Waals surface area contributed by atoms with Gasteiger partial charge in [-0.3, -0.25) is 4.79 Å². The molecule has 1 unspecified atom stereocenters. The van der Waals surface area contributed by atoms with E-state index < -0.39 is 22.6 Å². The number of fused-ring (bicyclic) bond motifs is 3. The molecule has 0 radical (unpaired) electrons. The van der Waals surface area contributed by atoms with Crippen molar-refractivity contribution in [3.8, 4) is 23.0 Å². The van der Waals surface area contributed by atoms with Gasteiger partial charge in [0, 0.05) is 10.9 Å². The van der Waals surface area contributed by atoms with E-state index in [1.54, 1.807) is 18.2 Å². The van der Waals surface area contributed by atoms with Crippen molar-refractivity contribution in [3.05, 3.63) is 63.3 Å². The highest BCUT2D eigenvalue weighted by atomic mass is 32.1. The Morgan fingerprint density at radius 1 is 1.03 bits per heavy atom. The molecule has 1 atom stereocenters. The van der Waals surface area contributed by atoms with E-state index in [2.05, 4.69) is 0 Å². The lowest BCUT2D eigenvalue weighted by atomic mass is 9.86. The Morgan fingerprint density at radius 2 is 1.81 bits per heavy atom. The summed E-state index contributed by atoms with van der Waals surface area (Å²) in [6.45, 7) is -0.225. The number of carbonyl (C=O) groups excluding carboxylic acids is 1. The van der Waals surface area contributed by atoms with E-state index in [1.807, 2.05) is 0 Å². The van der Waals surface area contributed by atoms with Crippen LogP contribution < -0.4 is 19.1 Å². The van der Waals surface area contributed by atoms with Gasteiger partial charge in [0.15, 0.2) is 11.5 Å². The molecule has 3 aliphatic heterocycles. The zero-order valence-corrected chi connectivity index (χ0v) is 16.3. The van der Waals surface area contributed by atoms with Crippen LogP contribution in [-0.2, 0) is 23.2 Å². The van der Waals surface area contributed by atoms with E-state index in [1.165, 1.54) is 18.2 Å². The number of hydrogen-bond acceptors (Lipinski definition) is 5. The Labute approximate surface area is 176 Å². The molecule has 1 aromatic heterocycles. The Hall–Kier alpha value is -3.27. The third-order valence-corrected chi connectivity index (χ3v) is 6.62. The van der Waals surface area contributed by atoms with Gasteiger partial charge in [-0.05, 0) is 30.3 Å². The monoisotopic (exact) mass is 449 g/mol. The molecule has 0 aliphatic carbocycles. The van der Waals surface area contributed by atoms with E-state index in [9.17, 15) is 18.0 Å². The molecule has 2 aromatic carbocycles. The lowest BCUT2D eigenvalue weighted by Gasteiger charge is -2.28. The molecule has 0 saturated heterocycles. The number of thiophene rings is 1. The van der Waals surface area contributed by atoms with Gasteiger partial charge in [-0.2, -0.15) is 13.2 Å². The van der Waals surface area contributed by atoms with Crippen molar-refractivity contribution in [1.29, 1.82) is 0 Å². The highest BCUT2D eigenvalue weighted by Gasteiger charge is 2.58. The summed E-state index contributed by atoms with van der Waals surface area (Å²) in [6, 6.07) is 9.81. The van der Waals surface area contributed by atoms with Gasteiger partial charge in [-0.25, -0.2) is 4.39 Å². The molecule has 6 rings (SSSR count).